The van der Waals surface area contributed by atoms with Crippen LogP contribution in [0.1, 0.15) is 50.2 Å². The van der Waals surface area contributed by atoms with Crippen molar-refractivity contribution >= 4 is 0 Å². The highest BCUT2D eigenvalue weighted by atomic mass is 16.5. The van der Waals surface area contributed by atoms with Crippen LogP contribution < -0.4 is 0 Å². The van der Waals surface area contributed by atoms with E-state index in [4.69, 9.17) is 4.74 Å². The fourth-order valence-corrected chi connectivity index (χ4v) is 3.87. The van der Waals surface area contributed by atoms with Gasteiger partial charge in [0.1, 0.15) is 0 Å². The maximum absolute atomic E-state index is 6.07. The van der Waals surface area contributed by atoms with Crippen molar-refractivity contribution in [2.45, 2.75) is 51.6 Å². The van der Waals surface area contributed by atoms with Crippen LogP contribution in [-0.4, -0.2) is 12.7 Å². The molecule has 1 heteroatoms. The lowest BCUT2D eigenvalue weighted by molar-refractivity contribution is -0.0534. The highest BCUT2D eigenvalue weighted by molar-refractivity contribution is 5.34. The molecule has 0 bridgehead atoms. The molecule has 0 unspecified atom stereocenters. The van der Waals surface area contributed by atoms with Crippen molar-refractivity contribution in [3.8, 4) is 0 Å². The van der Waals surface area contributed by atoms with Crippen LogP contribution in [-0.2, 0) is 11.2 Å². The first kappa shape index (κ1) is 12.2. The molecule has 0 spiro atoms. The van der Waals surface area contributed by atoms with Gasteiger partial charge in [-0.25, -0.2) is 0 Å². The molecule has 1 fully saturated rings. The van der Waals surface area contributed by atoms with Crippen molar-refractivity contribution in [3.63, 3.8) is 0 Å². The largest absolute Gasteiger partial charge is 0.378 e. The summed E-state index contributed by atoms with van der Waals surface area (Å²) in [5, 5.41) is 0. The summed E-state index contributed by atoms with van der Waals surface area (Å²) in [6, 6.07) is 9.06. The molecule has 1 aromatic rings. The molecule has 1 aromatic carbocycles. The molecule has 98 valence electrons. The normalized spacial score (nSPS) is 30.9. The van der Waals surface area contributed by atoms with E-state index in [1.54, 1.807) is 11.1 Å². The van der Waals surface area contributed by atoms with Crippen LogP contribution in [0.4, 0.5) is 0 Å². The first-order valence-electron chi connectivity index (χ1n) is 7.45. The summed E-state index contributed by atoms with van der Waals surface area (Å²) in [5.74, 6) is 2.26. The molecule has 2 aliphatic rings. The standard InChI is InChI=1S/C17H24O/c1-12(2)11-17-16-8-7-13-5-3-4-6-14(13)15(16)9-10-18-17/h3-6,12,15-17H,7-11H2,1-2H3/t15-,16+,17+/m0/s1. The zero-order valence-electron chi connectivity index (χ0n) is 11.6. The zero-order valence-corrected chi connectivity index (χ0v) is 11.6. The topological polar surface area (TPSA) is 9.23 Å². The number of benzene rings is 1. The Morgan fingerprint density at radius 2 is 2.06 bits per heavy atom. The molecule has 0 amide bonds. The van der Waals surface area contributed by atoms with E-state index < -0.39 is 0 Å². The first-order valence-corrected chi connectivity index (χ1v) is 7.45. The minimum Gasteiger partial charge on any atom is -0.378 e. The molecule has 1 aliphatic heterocycles. The van der Waals surface area contributed by atoms with Crippen molar-refractivity contribution < 1.29 is 4.74 Å². The average molecular weight is 244 g/mol. The van der Waals surface area contributed by atoms with Gasteiger partial charge in [0, 0.05) is 6.61 Å². The van der Waals surface area contributed by atoms with E-state index in [9.17, 15) is 0 Å². The van der Waals surface area contributed by atoms with E-state index in [1.807, 2.05) is 0 Å². The lowest BCUT2D eigenvalue weighted by Crippen LogP contribution is -2.38. The Kier molecular flexibility index (Phi) is 3.43. The zero-order chi connectivity index (χ0) is 12.5. The highest BCUT2D eigenvalue weighted by Crippen LogP contribution is 2.44. The number of rotatable bonds is 2. The van der Waals surface area contributed by atoms with Crippen LogP contribution in [0.25, 0.3) is 0 Å². The monoisotopic (exact) mass is 244 g/mol. The fourth-order valence-electron chi connectivity index (χ4n) is 3.87. The molecule has 0 radical (unpaired) electrons. The van der Waals surface area contributed by atoms with Gasteiger partial charge in [-0.05, 0) is 54.6 Å². The molecule has 3 atom stereocenters. The summed E-state index contributed by atoms with van der Waals surface area (Å²) in [6.45, 7) is 5.57. The Bertz CT molecular complexity index is 410. The Balaban J connectivity index is 1.85. The van der Waals surface area contributed by atoms with E-state index in [1.165, 1.54) is 25.7 Å². The quantitative estimate of drug-likeness (QED) is 0.758. The lowest BCUT2D eigenvalue weighted by Gasteiger charge is -2.43. The van der Waals surface area contributed by atoms with Gasteiger partial charge >= 0.3 is 0 Å². The highest BCUT2D eigenvalue weighted by Gasteiger charge is 2.38. The third-order valence-electron chi connectivity index (χ3n) is 4.66. The second-order valence-corrected chi connectivity index (χ2v) is 6.34. The summed E-state index contributed by atoms with van der Waals surface area (Å²) in [4.78, 5) is 0. The summed E-state index contributed by atoms with van der Waals surface area (Å²) in [6.07, 6.45) is 5.51. The number of fused-ring (bicyclic) bond motifs is 3. The van der Waals surface area contributed by atoms with E-state index >= 15 is 0 Å². The Morgan fingerprint density at radius 1 is 1.22 bits per heavy atom. The van der Waals surface area contributed by atoms with Crippen molar-refractivity contribution in [2.75, 3.05) is 6.61 Å². The van der Waals surface area contributed by atoms with E-state index in [0.717, 1.165) is 24.4 Å². The number of aryl methyl sites for hydroxylation is 1. The van der Waals surface area contributed by atoms with Crippen LogP contribution in [0.2, 0.25) is 0 Å². The van der Waals surface area contributed by atoms with Crippen molar-refractivity contribution in [3.05, 3.63) is 35.4 Å². The predicted octanol–water partition coefficient (Wildman–Crippen LogP) is 4.17. The molecule has 1 saturated heterocycles. The summed E-state index contributed by atoms with van der Waals surface area (Å²) >= 11 is 0. The third kappa shape index (κ3) is 2.21. The van der Waals surface area contributed by atoms with Gasteiger partial charge in [-0.15, -0.1) is 0 Å². The fraction of sp³-hybridized carbons (Fsp3) is 0.647. The second kappa shape index (κ2) is 5.05. The molecule has 1 nitrogen and oxygen atoms in total. The van der Waals surface area contributed by atoms with Crippen molar-refractivity contribution in [2.24, 2.45) is 11.8 Å². The molecule has 1 heterocycles. The van der Waals surface area contributed by atoms with Gasteiger partial charge < -0.3 is 4.74 Å². The Labute approximate surface area is 111 Å². The predicted molar refractivity (Wildman–Crippen MR) is 74.8 cm³/mol. The second-order valence-electron chi connectivity index (χ2n) is 6.34. The molecule has 1 aliphatic carbocycles. The average Bonchev–Trinajstić information content (AvgIpc) is 2.38. The number of hydrogen-bond donors (Lipinski definition) is 0. The van der Waals surface area contributed by atoms with Crippen LogP contribution in [0.5, 0.6) is 0 Å². The summed E-state index contributed by atoms with van der Waals surface area (Å²) in [5.41, 5.74) is 3.20. The van der Waals surface area contributed by atoms with Crippen LogP contribution in [0, 0.1) is 11.8 Å². The number of hydrogen-bond acceptors (Lipinski definition) is 1. The smallest absolute Gasteiger partial charge is 0.0611 e. The minimum atomic E-state index is 0.497. The van der Waals surface area contributed by atoms with Gasteiger partial charge in [-0.3, -0.25) is 0 Å². The molecule has 0 N–H and O–H groups in total. The molecule has 0 aromatic heterocycles. The maximum atomic E-state index is 6.07. The van der Waals surface area contributed by atoms with Crippen LogP contribution >= 0.6 is 0 Å². The number of ether oxygens (including phenoxy) is 1. The SMILES string of the molecule is CC(C)C[C@H]1OCC[C@H]2c3ccccc3CC[C@@H]12. The third-order valence-corrected chi connectivity index (χ3v) is 4.66. The van der Waals surface area contributed by atoms with Gasteiger partial charge in [0.15, 0.2) is 0 Å². The van der Waals surface area contributed by atoms with Gasteiger partial charge in [0.2, 0.25) is 0 Å². The Hall–Kier alpha value is -0.820. The molecule has 18 heavy (non-hydrogen) atoms. The van der Waals surface area contributed by atoms with Crippen LogP contribution in [0.15, 0.2) is 24.3 Å². The van der Waals surface area contributed by atoms with E-state index in [-0.39, 0.29) is 0 Å². The minimum absolute atomic E-state index is 0.497. The van der Waals surface area contributed by atoms with Gasteiger partial charge in [0.05, 0.1) is 6.10 Å². The summed E-state index contributed by atoms with van der Waals surface area (Å²) < 4.78 is 6.07. The molecule has 0 saturated carbocycles. The van der Waals surface area contributed by atoms with Crippen molar-refractivity contribution in [1.82, 2.24) is 0 Å². The summed E-state index contributed by atoms with van der Waals surface area (Å²) in [7, 11) is 0. The lowest BCUT2D eigenvalue weighted by atomic mass is 9.69. The Morgan fingerprint density at radius 3 is 2.89 bits per heavy atom. The van der Waals surface area contributed by atoms with Gasteiger partial charge in [-0.2, -0.15) is 0 Å². The van der Waals surface area contributed by atoms with Crippen molar-refractivity contribution in [1.29, 1.82) is 0 Å². The van der Waals surface area contributed by atoms with E-state index in [0.29, 0.717) is 6.10 Å². The van der Waals surface area contributed by atoms with Crippen LogP contribution in [0.3, 0.4) is 0 Å². The molecule has 3 rings (SSSR count). The first-order chi connectivity index (χ1) is 8.75. The van der Waals surface area contributed by atoms with Gasteiger partial charge in [0.25, 0.3) is 0 Å². The van der Waals surface area contributed by atoms with Gasteiger partial charge in [-0.1, -0.05) is 38.1 Å². The molecular formula is C17H24O. The van der Waals surface area contributed by atoms with E-state index in [2.05, 4.69) is 38.1 Å². The molecular weight excluding hydrogens is 220 g/mol. The maximum Gasteiger partial charge on any atom is 0.0611 e.